The average molecular weight is 417 g/mol. The third-order valence-corrected chi connectivity index (χ3v) is 5.55. The molecular formula is C24H36N2O2S. The number of aliphatic carboxylic acids is 1. The molecule has 0 saturated carbocycles. The van der Waals surface area contributed by atoms with Crippen molar-refractivity contribution in [3.63, 3.8) is 0 Å². The number of carbonyl (C=O) groups is 1. The first-order chi connectivity index (χ1) is 13.8. The summed E-state index contributed by atoms with van der Waals surface area (Å²) in [5.74, 6) is 1.11. The van der Waals surface area contributed by atoms with Crippen LogP contribution in [0.25, 0.3) is 0 Å². The lowest BCUT2D eigenvalue weighted by Gasteiger charge is -2.15. The molecule has 0 radical (unpaired) electrons. The first-order valence-corrected chi connectivity index (χ1v) is 11.4. The molecule has 1 aromatic heterocycles. The Morgan fingerprint density at radius 1 is 1.14 bits per heavy atom. The Morgan fingerprint density at radius 2 is 1.79 bits per heavy atom. The van der Waals surface area contributed by atoms with Crippen LogP contribution >= 0.6 is 11.8 Å². The van der Waals surface area contributed by atoms with Gasteiger partial charge in [-0.05, 0) is 71.9 Å². The van der Waals surface area contributed by atoms with Gasteiger partial charge >= 0.3 is 5.97 Å². The molecule has 29 heavy (non-hydrogen) atoms. The number of carboxylic acids is 1. The number of nitrogens with one attached hydrogen (secondary N) is 1. The van der Waals surface area contributed by atoms with E-state index < -0.39 is 12.0 Å². The van der Waals surface area contributed by atoms with Gasteiger partial charge in [0.25, 0.3) is 0 Å². The SMILES string of the molecule is CC(C)=CCC/C(C)=C/CC/C(C)=C/CSCC(Nc1ncccc1C)C(=O)O. The molecule has 1 atom stereocenters. The second-order valence-electron chi connectivity index (χ2n) is 7.70. The molecule has 1 rings (SSSR count). The molecular weight excluding hydrogens is 380 g/mol. The topological polar surface area (TPSA) is 62.2 Å². The van der Waals surface area contributed by atoms with Gasteiger partial charge in [0.15, 0.2) is 0 Å². The van der Waals surface area contributed by atoms with E-state index in [2.05, 4.69) is 56.2 Å². The first kappa shape index (κ1) is 25.0. The molecule has 0 fully saturated rings. The van der Waals surface area contributed by atoms with Crippen LogP contribution in [0, 0.1) is 6.92 Å². The lowest BCUT2D eigenvalue weighted by molar-refractivity contribution is -0.137. The van der Waals surface area contributed by atoms with Crippen LogP contribution in [0.5, 0.6) is 0 Å². The van der Waals surface area contributed by atoms with E-state index in [9.17, 15) is 9.90 Å². The van der Waals surface area contributed by atoms with Crippen LogP contribution in [0.2, 0.25) is 0 Å². The number of thioether (sulfide) groups is 1. The minimum Gasteiger partial charge on any atom is -0.480 e. The Hall–Kier alpha value is -2.01. The summed E-state index contributed by atoms with van der Waals surface area (Å²) in [6, 6.07) is 3.12. The van der Waals surface area contributed by atoms with E-state index in [4.69, 9.17) is 0 Å². The average Bonchev–Trinajstić information content (AvgIpc) is 2.65. The zero-order chi connectivity index (χ0) is 21.6. The molecule has 0 spiro atoms. The van der Waals surface area contributed by atoms with Gasteiger partial charge in [-0.3, -0.25) is 0 Å². The molecule has 5 heteroatoms. The van der Waals surface area contributed by atoms with Gasteiger partial charge in [0, 0.05) is 17.7 Å². The van der Waals surface area contributed by atoms with Gasteiger partial charge in [0.05, 0.1) is 0 Å². The summed E-state index contributed by atoms with van der Waals surface area (Å²) in [5, 5.41) is 12.5. The van der Waals surface area contributed by atoms with Gasteiger partial charge in [0.1, 0.15) is 11.9 Å². The van der Waals surface area contributed by atoms with E-state index >= 15 is 0 Å². The minimum atomic E-state index is -0.850. The Balaban J connectivity index is 2.36. The number of aryl methyl sites for hydroxylation is 1. The van der Waals surface area contributed by atoms with Crippen LogP contribution < -0.4 is 5.32 Å². The van der Waals surface area contributed by atoms with Crippen molar-refractivity contribution < 1.29 is 9.90 Å². The van der Waals surface area contributed by atoms with E-state index in [1.54, 1.807) is 18.0 Å². The summed E-state index contributed by atoms with van der Waals surface area (Å²) < 4.78 is 0. The van der Waals surface area contributed by atoms with Crippen LogP contribution in [0.15, 0.2) is 53.3 Å². The van der Waals surface area contributed by atoms with Crippen LogP contribution in [0.4, 0.5) is 5.82 Å². The normalized spacial score (nSPS) is 13.1. The molecule has 0 amide bonds. The molecule has 0 aliphatic rings. The molecule has 0 bridgehead atoms. The van der Waals surface area contributed by atoms with Crippen molar-refractivity contribution in [2.75, 3.05) is 16.8 Å². The summed E-state index contributed by atoms with van der Waals surface area (Å²) >= 11 is 1.63. The Labute approximate surface area is 180 Å². The second kappa shape index (κ2) is 14.0. The maximum absolute atomic E-state index is 11.5. The zero-order valence-corrected chi connectivity index (χ0v) is 19.3. The van der Waals surface area contributed by atoms with Gasteiger partial charge in [-0.15, -0.1) is 0 Å². The van der Waals surface area contributed by atoms with Crippen LogP contribution in [0.1, 0.15) is 58.9 Å². The molecule has 0 saturated heterocycles. The molecule has 4 nitrogen and oxygen atoms in total. The summed E-state index contributed by atoms with van der Waals surface area (Å²) in [6.07, 6.45) is 12.9. The zero-order valence-electron chi connectivity index (χ0n) is 18.5. The van der Waals surface area contributed by atoms with Crippen molar-refractivity contribution in [1.29, 1.82) is 0 Å². The molecule has 1 aromatic rings. The van der Waals surface area contributed by atoms with E-state index in [1.807, 2.05) is 19.1 Å². The standard InChI is InChI=1S/C24H36N2O2S/c1-18(2)9-6-10-19(3)11-7-12-20(4)14-16-29-17-22(24(27)28)26-23-21(5)13-8-15-25-23/h8-9,11,13-15,22H,6-7,10,12,16-17H2,1-5H3,(H,25,26)(H,27,28)/b19-11+,20-14+. The van der Waals surface area contributed by atoms with Crippen molar-refractivity contribution in [3.8, 4) is 0 Å². The van der Waals surface area contributed by atoms with Crippen molar-refractivity contribution >= 4 is 23.5 Å². The van der Waals surface area contributed by atoms with Gasteiger partial charge < -0.3 is 10.4 Å². The summed E-state index contributed by atoms with van der Waals surface area (Å²) in [7, 11) is 0. The highest BCUT2D eigenvalue weighted by Crippen LogP contribution is 2.15. The molecule has 0 aliphatic carbocycles. The van der Waals surface area contributed by atoms with Crippen molar-refractivity contribution in [2.24, 2.45) is 0 Å². The first-order valence-electron chi connectivity index (χ1n) is 10.2. The fourth-order valence-electron chi connectivity index (χ4n) is 2.70. The van der Waals surface area contributed by atoms with Crippen LogP contribution in [-0.2, 0) is 4.79 Å². The predicted molar refractivity (Wildman–Crippen MR) is 127 cm³/mol. The van der Waals surface area contributed by atoms with Gasteiger partial charge in [-0.25, -0.2) is 9.78 Å². The molecule has 160 valence electrons. The Bertz CT molecular complexity index is 734. The van der Waals surface area contributed by atoms with E-state index in [0.29, 0.717) is 11.6 Å². The number of carboxylic acid groups (broad SMARTS) is 1. The molecule has 1 unspecified atom stereocenters. The lowest BCUT2D eigenvalue weighted by atomic mass is 10.1. The van der Waals surface area contributed by atoms with Crippen molar-refractivity contribution in [1.82, 2.24) is 4.98 Å². The largest absolute Gasteiger partial charge is 0.480 e. The monoisotopic (exact) mass is 416 g/mol. The van der Waals surface area contributed by atoms with E-state index in [0.717, 1.165) is 37.0 Å². The third kappa shape index (κ3) is 11.5. The molecule has 0 aromatic carbocycles. The highest BCUT2D eigenvalue weighted by atomic mass is 32.2. The number of anilines is 1. The Kier molecular flexibility index (Phi) is 12.1. The second-order valence-corrected chi connectivity index (χ2v) is 8.78. The number of pyridine rings is 1. The Morgan fingerprint density at radius 3 is 2.41 bits per heavy atom. The van der Waals surface area contributed by atoms with Gasteiger partial charge in [0.2, 0.25) is 0 Å². The summed E-state index contributed by atoms with van der Waals surface area (Å²) in [4.78, 5) is 15.8. The number of aromatic nitrogens is 1. The van der Waals surface area contributed by atoms with Gasteiger partial charge in [-0.1, -0.05) is 41.0 Å². The maximum atomic E-state index is 11.5. The molecule has 0 aliphatic heterocycles. The molecule has 2 N–H and O–H groups in total. The van der Waals surface area contributed by atoms with Crippen molar-refractivity contribution in [2.45, 2.75) is 66.3 Å². The lowest BCUT2D eigenvalue weighted by Crippen LogP contribution is -2.32. The van der Waals surface area contributed by atoms with Crippen LogP contribution in [-0.4, -0.2) is 33.6 Å². The number of rotatable bonds is 13. The number of hydrogen-bond donors (Lipinski definition) is 2. The van der Waals surface area contributed by atoms with Crippen molar-refractivity contribution in [3.05, 3.63) is 58.8 Å². The predicted octanol–water partition coefficient (Wildman–Crippen LogP) is 6.41. The minimum absolute atomic E-state index is 0.499. The highest BCUT2D eigenvalue weighted by Gasteiger charge is 2.18. The fourth-order valence-corrected chi connectivity index (χ4v) is 3.70. The smallest absolute Gasteiger partial charge is 0.327 e. The number of hydrogen-bond acceptors (Lipinski definition) is 4. The quantitative estimate of drug-likeness (QED) is 0.287. The fraction of sp³-hybridized carbons (Fsp3) is 0.500. The maximum Gasteiger partial charge on any atom is 0.327 e. The van der Waals surface area contributed by atoms with Crippen LogP contribution in [0.3, 0.4) is 0 Å². The number of allylic oxidation sites excluding steroid dienone is 5. The number of nitrogens with zero attached hydrogens (tertiary/aromatic N) is 1. The summed E-state index contributed by atoms with van der Waals surface area (Å²) in [6.45, 7) is 10.6. The van der Waals surface area contributed by atoms with Gasteiger partial charge in [-0.2, -0.15) is 11.8 Å². The molecule has 1 heterocycles. The van der Waals surface area contributed by atoms with E-state index in [1.165, 1.54) is 16.7 Å². The third-order valence-electron chi connectivity index (χ3n) is 4.58. The van der Waals surface area contributed by atoms with E-state index in [-0.39, 0.29) is 0 Å². The summed E-state index contributed by atoms with van der Waals surface area (Å²) in [5.41, 5.74) is 5.13. The highest BCUT2D eigenvalue weighted by molar-refractivity contribution is 7.99.